The Morgan fingerprint density at radius 2 is 1.75 bits per heavy atom. The van der Waals surface area contributed by atoms with Crippen LogP contribution in [-0.4, -0.2) is 27.7 Å². The minimum Gasteiger partial charge on any atom is -0.296 e. The van der Waals surface area contributed by atoms with E-state index in [0.717, 1.165) is 5.69 Å². The predicted molar refractivity (Wildman–Crippen MR) is 89.4 cm³/mol. The van der Waals surface area contributed by atoms with Crippen LogP contribution in [0.3, 0.4) is 0 Å². The van der Waals surface area contributed by atoms with E-state index in [1.54, 1.807) is 30.1 Å². The molecular weight excluding hydrogens is 308 g/mol. The number of carbonyl (C=O) groups excluding carboxylic acids is 1. The number of amides is 1. The van der Waals surface area contributed by atoms with Crippen molar-refractivity contribution in [3.05, 3.63) is 82.5 Å². The molecule has 0 saturated heterocycles. The molecular formula is C17H14N4O3. The van der Waals surface area contributed by atoms with Gasteiger partial charge in [-0.3, -0.25) is 19.8 Å². The number of aromatic nitrogens is 2. The summed E-state index contributed by atoms with van der Waals surface area (Å²) in [6.07, 6.45) is 1.57. The second-order valence-electron chi connectivity index (χ2n) is 5.08. The summed E-state index contributed by atoms with van der Waals surface area (Å²) in [7, 11) is 1.56. The van der Waals surface area contributed by atoms with Gasteiger partial charge >= 0.3 is 0 Å². The molecule has 0 aliphatic rings. The lowest BCUT2D eigenvalue weighted by Gasteiger charge is -2.18. The molecule has 0 aliphatic carbocycles. The van der Waals surface area contributed by atoms with Gasteiger partial charge in [-0.2, -0.15) is 5.10 Å². The molecule has 3 rings (SSSR count). The van der Waals surface area contributed by atoms with Crippen molar-refractivity contribution in [3.63, 3.8) is 0 Å². The van der Waals surface area contributed by atoms with Crippen LogP contribution in [0.2, 0.25) is 0 Å². The van der Waals surface area contributed by atoms with Gasteiger partial charge in [-0.1, -0.05) is 30.3 Å². The van der Waals surface area contributed by atoms with Gasteiger partial charge in [0.2, 0.25) is 0 Å². The fraction of sp³-hybridized carbons (Fsp3) is 0.0588. The van der Waals surface area contributed by atoms with Crippen LogP contribution in [0.5, 0.6) is 0 Å². The number of para-hydroxylation sites is 2. The number of rotatable bonds is 4. The van der Waals surface area contributed by atoms with Gasteiger partial charge in [0.05, 0.1) is 16.8 Å². The summed E-state index contributed by atoms with van der Waals surface area (Å²) in [5, 5.41) is 15.4. The Labute approximate surface area is 137 Å². The Bertz CT molecular complexity index is 890. The largest absolute Gasteiger partial charge is 0.296 e. The van der Waals surface area contributed by atoms with Crippen molar-refractivity contribution in [2.24, 2.45) is 0 Å². The van der Waals surface area contributed by atoms with Gasteiger partial charge in [0.25, 0.3) is 11.6 Å². The summed E-state index contributed by atoms with van der Waals surface area (Å²) in [6, 6.07) is 16.9. The van der Waals surface area contributed by atoms with Crippen LogP contribution < -0.4 is 4.90 Å². The first-order valence-electron chi connectivity index (χ1n) is 7.20. The van der Waals surface area contributed by atoms with Crippen LogP contribution in [0, 0.1) is 10.1 Å². The molecule has 0 unspecified atom stereocenters. The number of anilines is 1. The molecule has 0 N–H and O–H groups in total. The average molecular weight is 322 g/mol. The molecule has 7 nitrogen and oxygen atoms in total. The van der Waals surface area contributed by atoms with Crippen molar-refractivity contribution >= 4 is 17.4 Å². The first-order valence-corrected chi connectivity index (χ1v) is 7.20. The fourth-order valence-corrected chi connectivity index (χ4v) is 2.42. The third kappa shape index (κ3) is 2.74. The van der Waals surface area contributed by atoms with Crippen molar-refractivity contribution < 1.29 is 9.72 Å². The van der Waals surface area contributed by atoms with Crippen molar-refractivity contribution in [3.8, 4) is 5.69 Å². The molecule has 0 fully saturated rings. The number of nitro benzene ring substituents is 1. The molecule has 24 heavy (non-hydrogen) atoms. The summed E-state index contributed by atoms with van der Waals surface area (Å²) >= 11 is 0. The summed E-state index contributed by atoms with van der Waals surface area (Å²) in [5.74, 6) is 0.0457. The van der Waals surface area contributed by atoms with Crippen molar-refractivity contribution in [2.45, 2.75) is 0 Å². The zero-order valence-corrected chi connectivity index (χ0v) is 12.9. The van der Waals surface area contributed by atoms with Crippen LogP contribution in [0.1, 0.15) is 10.4 Å². The van der Waals surface area contributed by atoms with Crippen molar-refractivity contribution in [1.29, 1.82) is 0 Å². The number of benzene rings is 2. The maximum Gasteiger partial charge on any atom is 0.282 e. The van der Waals surface area contributed by atoms with Gasteiger partial charge < -0.3 is 0 Å². The van der Waals surface area contributed by atoms with Crippen LogP contribution in [0.25, 0.3) is 5.69 Å². The van der Waals surface area contributed by atoms with Gasteiger partial charge in [-0.15, -0.1) is 0 Å². The van der Waals surface area contributed by atoms with E-state index in [0.29, 0.717) is 5.82 Å². The number of nitrogens with zero attached hydrogens (tertiary/aromatic N) is 4. The monoisotopic (exact) mass is 322 g/mol. The standard InChI is InChI=1S/C17H14N4O3/c1-19(17(22)14-9-5-6-10-15(14)21(23)24)16-11-12-18-20(16)13-7-3-2-4-8-13/h2-12H,1H3. The maximum atomic E-state index is 12.7. The van der Waals surface area contributed by atoms with Gasteiger partial charge in [0.1, 0.15) is 11.4 Å². The third-order valence-electron chi connectivity index (χ3n) is 3.60. The first-order chi connectivity index (χ1) is 11.6. The number of carbonyl (C=O) groups is 1. The SMILES string of the molecule is CN(C(=O)c1ccccc1[N+](=O)[O-])c1ccnn1-c1ccccc1. The van der Waals surface area contributed by atoms with Crippen LogP contribution >= 0.6 is 0 Å². The Morgan fingerprint density at radius 3 is 2.46 bits per heavy atom. The zero-order valence-electron chi connectivity index (χ0n) is 12.9. The lowest BCUT2D eigenvalue weighted by atomic mass is 10.1. The van der Waals surface area contributed by atoms with E-state index in [-0.39, 0.29) is 11.3 Å². The summed E-state index contributed by atoms with van der Waals surface area (Å²) < 4.78 is 1.60. The van der Waals surface area contributed by atoms with Gasteiger partial charge in [0, 0.05) is 19.2 Å². The van der Waals surface area contributed by atoms with E-state index in [1.165, 1.54) is 23.1 Å². The molecule has 120 valence electrons. The highest BCUT2D eigenvalue weighted by Crippen LogP contribution is 2.23. The molecule has 0 aliphatic heterocycles. The molecule has 1 aromatic heterocycles. The van der Waals surface area contributed by atoms with Crippen LogP contribution in [-0.2, 0) is 0 Å². The molecule has 0 atom stereocenters. The second-order valence-corrected chi connectivity index (χ2v) is 5.08. The third-order valence-corrected chi connectivity index (χ3v) is 3.60. The number of nitro groups is 1. The highest BCUT2D eigenvalue weighted by Gasteiger charge is 2.24. The Morgan fingerprint density at radius 1 is 1.08 bits per heavy atom. The Hall–Kier alpha value is -3.48. The fourth-order valence-electron chi connectivity index (χ4n) is 2.42. The maximum absolute atomic E-state index is 12.7. The average Bonchev–Trinajstić information content (AvgIpc) is 3.11. The molecule has 7 heteroatoms. The smallest absolute Gasteiger partial charge is 0.282 e. The Kier molecular flexibility index (Phi) is 4.07. The molecule has 0 spiro atoms. The zero-order chi connectivity index (χ0) is 17.1. The lowest BCUT2D eigenvalue weighted by Crippen LogP contribution is -2.29. The molecule has 0 radical (unpaired) electrons. The van der Waals surface area contributed by atoms with E-state index in [2.05, 4.69) is 5.10 Å². The van der Waals surface area contributed by atoms with Crippen LogP contribution in [0.15, 0.2) is 66.9 Å². The van der Waals surface area contributed by atoms with E-state index >= 15 is 0 Å². The summed E-state index contributed by atoms with van der Waals surface area (Å²) in [5.41, 5.74) is 0.602. The first kappa shape index (κ1) is 15.4. The topological polar surface area (TPSA) is 81.3 Å². The summed E-state index contributed by atoms with van der Waals surface area (Å²) in [4.78, 5) is 24.7. The summed E-state index contributed by atoms with van der Waals surface area (Å²) in [6.45, 7) is 0. The van der Waals surface area contributed by atoms with Crippen LogP contribution in [0.4, 0.5) is 11.5 Å². The number of hydrogen-bond donors (Lipinski definition) is 0. The normalized spacial score (nSPS) is 10.4. The van der Waals surface area contributed by atoms with Crippen molar-refractivity contribution in [2.75, 3.05) is 11.9 Å². The van der Waals surface area contributed by atoms with E-state index in [4.69, 9.17) is 0 Å². The second kappa shape index (κ2) is 6.33. The lowest BCUT2D eigenvalue weighted by molar-refractivity contribution is -0.385. The highest BCUT2D eigenvalue weighted by molar-refractivity contribution is 6.08. The highest BCUT2D eigenvalue weighted by atomic mass is 16.6. The van der Waals surface area contributed by atoms with Gasteiger partial charge in [-0.25, -0.2) is 4.68 Å². The molecule has 1 heterocycles. The minimum atomic E-state index is -0.560. The van der Waals surface area contributed by atoms with Gasteiger partial charge in [0.15, 0.2) is 0 Å². The van der Waals surface area contributed by atoms with E-state index < -0.39 is 10.8 Å². The quantitative estimate of drug-likeness (QED) is 0.546. The predicted octanol–water partition coefficient (Wildman–Crippen LogP) is 3.06. The number of hydrogen-bond acceptors (Lipinski definition) is 4. The molecule has 2 aromatic carbocycles. The minimum absolute atomic E-state index is 0.0332. The Balaban J connectivity index is 2.00. The van der Waals surface area contributed by atoms with Gasteiger partial charge in [-0.05, 0) is 18.2 Å². The molecule has 1 amide bonds. The molecule has 0 saturated carbocycles. The molecule has 3 aromatic rings. The van der Waals surface area contributed by atoms with E-state index in [9.17, 15) is 14.9 Å². The van der Waals surface area contributed by atoms with Crippen molar-refractivity contribution in [1.82, 2.24) is 9.78 Å². The molecule has 0 bridgehead atoms. The van der Waals surface area contributed by atoms with E-state index in [1.807, 2.05) is 30.3 Å².